The van der Waals surface area contributed by atoms with Gasteiger partial charge in [-0.05, 0) is 13.0 Å². The van der Waals surface area contributed by atoms with Gasteiger partial charge in [-0.3, -0.25) is 10.1 Å². The van der Waals surface area contributed by atoms with Crippen LogP contribution < -0.4 is 0 Å². The predicted molar refractivity (Wildman–Crippen MR) is 71.4 cm³/mol. The average molecular weight is 282 g/mol. The Hall–Kier alpha value is -2.06. The van der Waals surface area contributed by atoms with Gasteiger partial charge in [0.05, 0.1) is 17.6 Å². The zero-order valence-electron chi connectivity index (χ0n) is 10.5. The molecule has 0 bridgehead atoms. The number of benzene rings is 1. The highest BCUT2D eigenvalue weighted by atomic mass is 35.5. The van der Waals surface area contributed by atoms with E-state index >= 15 is 0 Å². The van der Waals surface area contributed by atoms with Crippen molar-refractivity contribution in [3.63, 3.8) is 0 Å². The number of alkyl halides is 1. The molecule has 19 heavy (non-hydrogen) atoms. The topological polar surface area (TPSA) is 69.4 Å². The summed E-state index contributed by atoms with van der Waals surface area (Å²) >= 11 is 5.49. The Morgan fingerprint density at radius 1 is 1.53 bits per heavy atom. The number of nitro benzene ring substituents is 1. The minimum atomic E-state index is -0.624. The van der Waals surface area contributed by atoms with Crippen molar-refractivity contribution >= 4 is 23.3 Å². The maximum atomic E-state index is 11.6. The van der Waals surface area contributed by atoms with Gasteiger partial charge in [-0.1, -0.05) is 11.8 Å². The first-order chi connectivity index (χ1) is 9.01. The molecule has 0 fully saturated rings. The third kappa shape index (κ3) is 3.70. The van der Waals surface area contributed by atoms with E-state index in [-0.39, 0.29) is 16.8 Å². The summed E-state index contributed by atoms with van der Waals surface area (Å²) in [6, 6.07) is 2.82. The molecule has 1 aromatic carbocycles. The van der Waals surface area contributed by atoms with Crippen molar-refractivity contribution in [2.75, 3.05) is 13.0 Å². The zero-order valence-corrected chi connectivity index (χ0v) is 11.3. The average Bonchev–Trinajstić information content (AvgIpc) is 2.39. The third-order valence-corrected chi connectivity index (χ3v) is 2.62. The van der Waals surface area contributed by atoms with E-state index in [1.165, 1.54) is 26.2 Å². The number of esters is 1. The Balaban J connectivity index is 3.36. The predicted octanol–water partition coefficient (Wildman–Crippen LogP) is 2.67. The molecule has 0 radical (unpaired) electrons. The lowest BCUT2D eigenvalue weighted by molar-refractivity contribution is -0.385. The lowest BCUT2D eigenvalue weighted by Crippen LogP contribution is -2.06. The van der Waals surface area contributed by atoms with E-state index in [0.717, 1.165) is 0 Å². The molecule has 100 valence electrons. The SMILES string of the molecule is COC(=O)c1cc(C#CCCCl)cc([N+](=O)[O-])c1C. The monoisotopic (exact) mass is 281 g/mol. The molecule has 0 spiro atoms. The number of nitro groups is 1. The van der Waals surface area contributed by atoms with Gasteiger partial charge >= 0.3 is 5.97 Å². The summed E-state index contributed by atoms with van der Waals surface area (Å²) in [5.74, 6) is 5.26. The van der Waals surface area contributed by atoms with Crippen molar-refractivity contribution in [2.45, 2.75) is 13.3 Å². The first kappa shape index (κ1) is 15.0. The molecule has 0 aliphatic carbocycles. The fraction of sp³-hybridized carbons (Fsp3) is 0.308. The van der Waals surface area contributed by atoms with Crippen LogP contribution in [0.25, 0.3) is 0 Å². The largest absolute Gasteiger partial charge is 0.465 e. The number of hydrogen-bond acceptors (Lipinski definition) is 4. The number of hydrogen-bond donors (Lipinski definition) is 0. The van der Waals surface area contributed by atoms with Crippen LogP contribution in [0.4, 0.5) is 5.69 Å². The Kier molecular flexibility index (Phi) is 5.34. The van der Waals surface area contributed by atoms with Crippen LogP contribution in [0.2, 0.25) is 0 Å². The van der Waals surface area contributed by atoms with Crippen molar-refractivity contribution in [2.24, 2.45) is 0 Å². The van der Waals surface area contributed by atoms with Gasteiger partial charge in [0.1, 0.15) is 0 Å². The van der Waals surface area contributed by atoms with Gasteiger partial charge in [0.15, 0.2) is 0 Å². The molecule has 0 heterocycles. The van der Waals surface area contributed by atoms with Crippen LogP contribution in [0.1, 0.15) is 27.9 Å². The molecule has 0 aliphatic rings. The maximum absolute atomic E-state index is 11.6. The van der Waals surface area contributed by atoms with Gasteiger partial charge in [-0.15, -0.1) is 11.6 Å². The van der Waals surface area contributed by atoms with E-state index in [4.69, 9.17) is 11.6 Å². The van der Waals surface area contributed by atoms with Gasteiger partial charge in [-0.2, -0.15) is 0 Å². The first-order valence-electron chi connectivity index (χ1n) is 5.43. The van der Waals surface area contributed by atoms with E-state index in [0.29, 0.717) is 17.9 Å². The van der Waals surface area contributed by atoms with Crippen LogP contribution in [0.3, 0.4) is 0 Å². The Morgan fingerprint density at radius 3 is 2.74 bits per heavy atom. The van der Waals surface area contributed by atoms with Crippen molar-refractivity contribution < 1.29 is 14.5 Å². The van der Waals surface area contributed by atoms with Crippen LogP contribution >= 0.6 is 11.6 Å². The molecule has 1 aromatic rings. The van der Waals surface area contributed by atoms with Gasteiger partial charge < -0.3 is 4.74 Å². The lowest BCUT2D eigenvalue weighted by atomic mass is 10.0. The minimum absolute atomic E-state index is 0.145. The molecular weight excluding hydrogens is 270 g/mol. The van der Waals surface area contributed by atoms with Crippen LogP contribution in [-0.4, -0.2) is 23.9 Å². The van der Waals surface area contributed by atoms with E-state index < -0.39 is 10.9 Å². The fourth-order valence-electron chi connectivity index (χ4n) is 1.49. The smallest absolute Gasteiger partial charge is 0.338 e. The number of ether oxygens (including phenoxy) is 1. The lowest BCUT2D eigenvalue weighted by Gasteiger charge is -2.05. The highest BCUT2D eigenvalue weighted by Gasteiger charge is 2.20. The second-order valence-electron chi connectivity index (χ2n) is 3.66. The van der Waals surface area contributed by atoms with E-state index in [9.17, 15) is 14.9 Å². The van der Waals surface area contributed by atoms with E-state index in [1.807, 2.05) is 0 Å². The summed E-state index contributed by atoms with van der Waals surface area (Å²) in [6.07, 6.45) is 0.469. The zero-order chi connectivity index (χ0) is 14.4. The molecule has 0 unspecified atom stereocenters. The Morgan fingerprint density at radius 2 is 2.21 bits per heavy atom. The third-order valence-electron chi connectivity index (χ3n) is 2.43. The molecule has 0 saturated carbocycles. The van der Waals surface area contributed by atoms with Crippen LogP contribution in [-0.2, 0) is 4.74 Å². The second-order valence-corrected chi connectivity index (χ2v) is 4.04. The Bertz CT molecular complexity index is 572. The molecule has 0 aliphatic heterocycles. The van der Waals surface area contributed by atoms with Crippen molar-refractivity contribution in [1.82, 2.24) is 0 Å². The van der Waals surface area contributed by atoms with E-state index in [1.54, 1.807) is 0 Å². The van der Waals surface area contributed by atoms with Crippen molar-refractivity contribution in [3.8, 4) is 11.8 Å². The van der Waals surface area contributed by atoms with Gasteiger partial charge in [0.2, 0.25) is 0 Å². The van der Waals surface area contributed by atoms with Gasteiger partial charge in [0, 0.05) is 29.5 Å². The molecule has 0 saturated heterocycles. The number of methoxy groups -OCH3 is 1. The number of carbonyl (C=O) groups excluding carboxylic acids is 1. The van der Waals surface area contributed by atoms with Gasteiger partial charge in [0.25, 0.3) is 5.69 Å². The fourth-order valence-corrected chi connectivity index (χ4v) is 1.59. The summed E-state index contributed by atoms with van der Waals surface area (Å²) in [7, 11) is 1.22. The van der Waals surface area contributed by atoms with Gasteiger partial charge in [-0.25, -0.2) is 4.79 Å². The molecule has 0 amide bonds. The molecule has 0 aromatic heterocycles. The van der Waals surface area contributed by atoms with Crippen molar-refractivity contribution in [1.29, 1.82) is 0 Å². The molecule has 6 heteroatoms. The molecular formula is C13H12ClNO4. The van der Waals surface area contributed by atoms with Crippen molar-refractivity contribution in [3.05, 3.63) is 38.9 Å². The summed E-state index contributed by atoms with van der Waals surface area (Å²) in [6.45, 7) is 1.50. The standard InChI is InChI=1S/C13H12ClNO4/c1-9-11(13(16)19-2)7-10(5-3-4-6-14)8-12(9)15(17)18/h7-8H,4,6H2,1-2H3. The summed E-state index contributed by atoms with van der Waals surface area (Å²) in [4.78, 5) is 22.0. The highest BCUT2D eigenvalue weighted by Crippen LogP contribution is 2.24. The van der Waals surface area contributed by atoms with Crippen LogP contribution in [0.15, 0.2) is 12.1 Å². The summed E-state index contributed by atoms with van der Waals surface area (Å²) in [5, 5.41) is 11.0. The number of rotatable bonds is 3. The molecule has 5 nitrogen and oxygen atoms in total. The summed E-state index contributed by atoms with van der Waals surface area (Å²) < 4.78 is 4.60. The molecule has 0 N–H and O–H groups in total. The Labute approximate surface area is 115 Å². The molecule has 1 rings (SSSR count). The van der Waals surface area contributed by atoms with Crippen LogP contribution in [0, 0.1) is 28.9 Å². The quantitative estimate of drug-likeness (QED) is 0.281. The normalized spacial score (nSPS) is 9.42. The maximum Gasteiger partial charge on any atom is 0.338 e. The first-order valence-corrected chi connectivity index (χ1v) is 5.97. The highest BCUT2D eigenvalue weighted by molar-refractivity contribution is 6.18. The minimum Gasteiger partial charge on any atom is -0.465 e. The number of halogens is 1. The van der Waals surface area contributed by atoms with Crippen LogP contribution in [0.5, 0.6) is 0 Å². The summed E-state index contributed by atoms with van der Waals surface area (Å²) in [5.41, 5.74) is 0.646. The molecule has 0 atom stereocenters. The van der Waals surface area contributed by atoms with E-state index in [2.05, 4.69) is 16.6 Å². The second kappa shape index (κ2) is 6.76. The number of carbonyl (C=O) groups is 1. The number of nitrogens with zero attached hydrogens (tertiary/aromatic N) is 1.